The lowest BCUT2D eigenvalue weighted by Crippen LogP contribution is -2.23. The summed E-state index contributed by atoms with van der Waals surface area (Å²) in [5.74, 6) is 0.211. The van der Waals surface area contributed by atoms with E-state index in [0.717, 1.165) is 44.9 Å². The quantitative estimate of drug-likeness (QED) is 0.0732. The third-order valence-electron chi connectivity index (χ3n) is 7.28. The molecule has 3 N–H and O–H groups in total. The van der Waals surface area contributed by atoms with Crippen LogP contribution in [0.3, 0.4) is 0 Å². The highest BCUT2D eigenvalue weighted by molar-refractivity contribution is 5.78. The maximum Gasteiger partial charge on any atom is 0.294 e. The molecule has 1 fully saturated rings. The molecule has 9 heteroatoms. The second-order valence-electron chi connectivity index (χ2n) is 10.4. The van der Waals surface area contributed by atoms with Crippen molar-refractivity contribution in [2.75, 3.05) is 13.2 Å². The lowest BCUT2D eigenvalue weighted by atomic mass is 9.86. The molecule has 214 valence electrons. The molecule has 9 nitrogen and oxygen atoms in total. The largest absolute Gasteiger partial charge is 0.393 e. The average molecular weight is 527 g/mol. The van der Waals surface area contributed by atoms with Crippen LogP contribution < -0.4 is 5.32 Å². The molecule has 37 heavy (non-hydrogen) atoms. The summed E-state index contributed by atoms with van der Waals surface area (Å²) in [6, 6.07) is 0. The van der Waals surface area contributed by atoms with Crippen molar-refractivity contribution in [3.8, 4) is 0 Å². The number of ketones is 1. The Bertz CT molecular complexity index is 671. The Morgan fingerprint density at radius 1 is 0.919 bits per heavy atom. The summed E-state index contributed by atoms with van der Waals surface area (Å²) in [5, 5.41) is 33.0. The highest BCUT2D eigenvalue weighted by Crippen LogP contribution is 2.38. The molecule has 0 aromatic heterocycles. The number of aliphatic hydroxyl groups excluding tert-OH is 2. The van der Waals surface area contributed by atoms with Crippen molar-refractivity contribution < 1.29 is 29.7 Å². The Morgan fingerprint density at radius 2 is 1.62 bits per heavy atom. The topological polar surface area (TPSA) is 139 Å². The molecule has 0 aromatic carbocycles. The normalized spacial score (nSPS) is 21.4. The van der Waals surface area contributed by atoms with Crippen molar-refractivity contribution in [2.45, 2.75) is 128 Å². The number of hydrogen-bond acceptors (Lipinski definition) is 7. The van der Waals surface area contributed by atoms with Crippen molar-refractivity contribution >= 4 is 11.7 Å². The van der Waals surface area contributed by atoms with Gasteiger partial charge in [0.1, 0.15) is 5.78 Å². The molecule has 0 radical (unpaired) electrons. The summed E-state index contributed by atoms with van der Waals surface area (Å²) < 4.78 is 0. The first-order valence-corrected chi connectivity index (χ1v) is 14.4. The lowest BCUT2D eigenvalue weighted by molar-refractivity contribution is -0.757. The fraction of sp³-hybridized carbons (Fsp3) is 0.857. The third-order valence-corrected chi connectivity index (χ3v) is 7.28. The van der Waals surface area contributed by atoms with Gasteiger partial charge in [-0.15, -0.1) is 10.1 Å². The van der Waals surface area contributed by atoms with Gasteiger partial charge in [-0.2, -0.15) is 0 Å². The highest BCUT2D eigenvalue weighted by atomic mass is 16.9. The first-order chi connectivity index (χ1) is 17.8. The standard InChI is InChI=1S/C28H50N2O7/c1-2-3-4-5-10-15-23(31)18-19-25-24(26(32)22-27(25)33)16-11-6-7-12-17-28(34)29-20-13-8-9-14-21-37-30(35)36/h6,11,24-27,32-33H,2-5,7-10,12-22H2,1H3,(H,29,34)/t24-,25-,26+,27-/m1/s1. The molecule has 1 amide bonds. The first-order valence-electron chi connectivity index (χ1n) is 14.4. The Hall–Kier alpha value is -2.00. The minimum Gasteiger partial charge on any atom is -0.393 e. The van der Waals surface area contributed by atoms with Crippen molar-refractivity contribution in [2.24, 2.45) is 11.8 Å². The molecule has 1 aliphatic rings. The van der Waals surface area contributed by atoms with Crippen LogP contribution >= 0.6 is 0 Å². The van der Waals surface area contributed by atoms with Gasteiger partial charge in [0.2, 0.25) is 5.91 Å². The molecule has 0 aliphatic heterocycles. The van der Waals surface area contributed by atoms with Crippen LogP contribution in [0.5, 0.6) is 0 Å². The van der Waals surface area contributed by atoms with Crippen LogP contribution in [0.2, 0.25) is 0 Å². The fourth-order valence-electron chi connectivity index (χ4n) is 5.07. The highest BCUT2D eigenvalue weighted by Gasteiger charge is 2.40. The number of carbonyl (C=O) groups is 2. The molecule has 0 heterocycles. The smallest absolute Gasteiger partial charge is 0.294 e. The Kier molecular flexibility index (Phi) is 18.7. The third kappa shape index (κ3) is 16.5. The summed E-state index contributed by atoms with van der Waals surface area (Å²) in [7, 11) is 0. The van der Waals surface area contributed by atoms with Crippen LogP contribution in [0.1, 0.15) is 116 Å². The van der Waals surface area contributed by atoms with Crippen LogP contribution in [0.4, 0.5) is 0 Å². The number of aliphatic hydroxyl groups is 2. The minimum absolute atomic E-state index is 0.0227. The first kappa shape index (κ1) is 33.0. The maximum atomic E-state index is 12.3. The molecule has 0 saturated heterocycles. The molecule has 4 atom stereocenters. The van der Waals surface area contributed by atoms with Gasteiger partial charge in [0, 0.05) is 25.8 Å². The van der Waals surface area contributed by atoms with Gasteiger partial charge in [0.05, 0.1) is 18.8 Å². The second kappa shape index (κ2) is 21.0. The number of nitrogens with one attached hydrogen (secondary N) is 1. The molecule has 1 aliphatic carbocycles. The van der Waals surface area contributed by atoms with Crippen molar-refractivity contribution in [1.29, 1.82) is 0 Å². The van der Waals surface area contributed by atoms with Gasteiger partial charge in [-0.3, -0.25) is 9.59 Å². The van der Waals surface area contributed by atoms with E-state index < -0.39 is 17.3 Å². The predicted molar refractivity (Wildman–Crippen MR) is 143 cm³/mol. The molecule has 0 aromatic rings. The van der Waals surface area contributed by atoms with Crippen LogP contribution in [0.15, 0.2) is 12.2 Å². The van der Waals surface area contributed by atoms with E-state index in [4.69, 9.17) is 0 Å². The van der Waals surface area contributed by atoms with E-state index >= 15 is 0 Å². The van der Waals surface area contributed by atoms with Crippen LogP contribution in [-0.2, 0) is 14.4 Å². The molecule has 1 rings (SSSR count). The molecular weight excluding hydrogens is 476 g/mol. The Balaban J connectivity index is 2.15. The number of rotatable bonds is 23. The molecule has 0 spiro atoms. The zero-order valence-electron chi connectivity index (χ0n) is 22.8. The van der Waals surface area contributed by atoms with Gasteiger partial charge in [-0.05, 0) is 63.2 Å². The van der Waals surface area contributed by atoms with Crippen LogP contribution in [0.25, 0.3) is 0 Å². The van der Waals surface area contributed by atoms with Gasteiger partial charge in [0.25, 0.3) is 5.09 Å². The molecular formula is C28H50N2O7. The maximum absolute atomic E-state index is 12.3. The summed E-state index contributed by atoms with van der Waals surface area (Å²) in [6.07, 6.45) is 16.6. The number of allylic oxidation sites excluding steroid dienone is 2. The average Bonchev–Trinajstić information content (AvgIpc) is 3.12. The van der Waals surface area contributed by atoms with E-state index in [1.807, 2.05) is 12.2 Å². The summed E-state index contributed by atoms with van der Waals surface area (Å²) in [4.78, 5) is 38.5. The molecule has 0 unspecified atom stereocenters. The SMILES string of the molecule is CCCCCCCC(=O)CC[C@@H]1[C@@H](CC=CCCCC(=O)NCCCCCCO[N+](=O)[O-])[C@@H](O)C[C@H]1O. The van der Waals surface area contributed by atoms with Gasteiger partial charge in [0.15, 0.2) is 0 Å². The molecule has 1 saturated carbocycles. The Labute approximate surface area is 222 Å². The van der Waals surface area contributed by atoms with Crippen LogP contribution in [0, 0.1) is 22.0 Å². The monoisotopic (exact) mass is 526 g/mol. The van der Waals surface area contributed by atoms with Gasteiger partial charge in [-0.25, -0.2) is 0 Å². The van der Waals surface area contributed by atoms with E-state index in [-0.39, 0.29) is 30.1 Å². The molecule has 0 bridgehead atoms. The second-order valence-corrected chi connectivity index (χ2v) is 10.4. The Morgan fingerprint density at radius 3 is 2.38 bits per heavy atom. The lowest BCUT2D eigenvalue weighted by Gasteiger charge is -2.22. The predicted octanol–water partition coefficient (Wildman–Crippen LogP) is 5.06. The van der Waals surface area contributed by atoms with E-state index in [2.05, 4.69) is 17.1 Å². The minimum atomic E-state index is -0.781. The zero-order chi connectivity index (χ0) is 27.3. The zero-order valence-corrected chi connectivity index (χ0v) is 22.8. The van der Waals surface area contributed by atoms with Crippen molar-refractivity contribution in [1.82, 2.24) is 5.32 Å². The van der Waals surface area contributed by atoms with Gasteiger partial charge < -0.3 is 20.4 Å². The van der Waals surface area contributed by atoms with Gasteiger partial charge >= 0.3 is 0 Å². The summed E-state index contributed by atoms with van der Waals surface area (Å²) in [5.41, 5.74) is 0. The van der Waals surface area contributed by atoms with E-state index in [9.17, 15) is 29.9 Å². The number of unbranched alkanes of at least 4 members (excludes halogenated alkanes) is 8. The van der Waals surface area contributed by atoms with Crippen molar-refractivity contribution in [3.05, 3.63) is 22.3 Å². The van der Waals surface area contributed by atoms with Crippen LogP contribution in [-0.4, -0.2) is 52.3 Å². The number of carbonyl (C=O) groups excluding carboxylic acids is 2. The van der Waals surface area contributed by atoms with Crippen molar-refractivity contribution in [3.63, 3.8) is 0 Å². The number of amides is 1. The van der Waals surface area contributed by atoms with E-state index in [0.29, 0.717) is 51.5 Å². The fourth-order valence-corrected chi connectivity index (χ4v) is 5.07. The van der Waals surface area contributed by atoms with Gasteiger partial charge in [-0.1, -0.05) is 57.6 Å². The number of nitrogens with zero attached hydrogens (tertiary/aromatic N) is 1. The van der Waals surface area contributed by atoms with E-state index in [1.54, 1.807) is 0 Å². The van der Waals surface area contributed by atoms with E-state index in [1.165, 1.54) is 19.3 Å². The summed E-state index contributed by atoms with van der Waals surface area (Å²) >= 11 is 0. The summed E-state index contributed by atoms with van der Waals surface area (Å²) in [6.45, 7) is 2.90. The number of hydrogen-bond donors (Lipinski definition) is 3. The number of Topliss-reactive ketones (excluding diaryl/α,β-unsaturated/α-hetero) is 1.